The first-order chi connectivity index (χ1) is 28.4. The second-order valence-corrected chi connectivity index (χ2v) is 21.9. The van der Waals surface area contributed by atoms with Crippen LogP contribution in [0.5, 0.6) is 0 Å². The second-order valence-electron chi connectivity index (χ2n) is 17.6. The highest BCUT2D eigenvalue weighted by molar-refractivity contribution is 7.04. The maximum Gasteiger partial charge on any atom is 0.123 e. The molecule has 1 aliphatic carbocycles. The maximum atomic E-state index is 2.55. The van der Waals surface area contributed by atoms with E-state index in [2.05, 4.69) is 196 Å². The average molecular weight is 760 g/mol. The lowest BCUT2D eigenvalue weighted by molar-refractivity contribution is 0.660. The van der Waals surface area contributed by atoms with Crippen molar-refractivity contribution in [1.82, 2.24) is 0 Å². The number of anilines is 2. The first-order valence-corrected chi connectivity index (χ1v) is 23.5. The molecule has 0 amide bonds. The van der Waals surface area contributed by atoms with Crippen LogP contribution in [0.4, 0.5) is 11.4 Å². The number of benzene rings is 9. The number of hydrogen-bond donors (Lipinski definition) is 0. The summed E-state index contributed by atoms with van der Waals surface area (Å²) >= 11 is 0. The van der Waals surface area contributed by atoms with Crippen molar-refractivity contribution in [1.29, 1.82) is 0 Å². The van der Waals surface area contributed by atoms with E-state index in [1.807, 2.05) is 0 Å². The Kier molecular flexibility index (Phi) is 7.24. The normalized spacial score (nSPS) is 15.8. The molecule has 3 aliphatic rings. The first kappa shape index (κ1) is 33.9. The van der Waals surface area contributed by atoms with Crippen LogP contribution < -0.4 is 15.3 Å². The molecule has 9 aromatic rings. The molecule has 0 aromatic heterocycles. The summed E-state index contributed by atoms with van der Waals surface area (Å²) < 4.78 is 0. The minimum Gasteiger partial charge on any atom is -0.345 e. The average Bonchev–Trinajstić information content (AvgIpc) is 3.86. The summed E-state index contributed by atoms with van der Waals surface area (Å²) in [6.07, 6.45) is 2.68. The van der Waals surface area contributed by atoms with Crippen LogP contribution >= 0.6 is 0 Å². The van der Waals surface area contributed by atoms with Gasteiger partial charge in [-0.25, -0.2) is 0 Å². The van der Waals surface area contributed by atoms with Crippen LogP contribution in [-0.2, 0) is 5.41 Å². The van der Waals surface area contributed by atoms with Gasteiger partial charge in [0.25, 0.3) is 0 Å². The van der Waals surface area contributed by atoms with E-state index in [0.717, 1.165) is 0 Å². The topological polar surface area (TPSA) is 3.24 Å². The molecule has 12 rings (SSSR count). The van der Waals surface area contributed by atoms with E-state index >= 15 is 0 Å². The summed E-state index contributed by atoms with van der Waals surface area (Å²) in [5, 5.41) is 11.0. The van der Waals surface area contributed by atoms with Crippen LogP contribution in [0.25, 0.3) is 76.8 Å². The van der Waals surface area contributed by atoms with E-state index in [4.69, 9.17) is 0 Å². The second kappa shape index (κ2) is 12.4. The summed E-state index contributed by atoms with van der Waals surface area (Å²) in [6, 6.07) is 67.9. The van der Waals surface area contributed by atoms with E-state index in [1.54, 1.807) is 10.4 Å². The zero-order valence-electron chi connectivity index (χ0n) is 33.4. The third-order valence-electron chi connectivity index (χ3n) is 14.4. The maximum absolute atomic E-state index is 2.55. The van der Waals surface area contributed by atoms with Gasteiger partial charge in [-0.2, -0.15) is 0 Å². The van der Waals surface area contributed by atoms with Gasteiger partial charge in [-0.3, -0.25) is 0 Å². The molecule has 2 heteroatoms. The molecule has 1 fully saturated rings. The smallest absolute Gasteiger partial charge is 0.123 e. The fourth-order valence-corrected chi connectivity index (χ4v) is 17.2. The van der Waals surface area contributed by atoms with Gasteiger partial charge in [-0.05, 0) is 135 Å². The van der Waals surface area contributed by atoms with Crippen molar-refractivity contribution in [3.8, 4) is 44.5 Å². The van der Waals surface area contributed by atoms with Crippen LogP contribution in [-0.4, -0.2) is 15.1 Å². The van der Waals surface area contributed by atoms with Gasteiger partial charge >= 0.3 is 0 Å². The fourth-order valence-electron chi connectivity index (χ4n) is 11.6. The van der Waals surface area contributed by atoms with Gasteiger partial charge in [-0.15, -0.1) is 0 Å². The van der Waals surface area contributed by atoms with E-state index in [0.29, 0.717) is 0 Å². The Morgan fingerprint density at radius 3 is 1.91 bits per heavy atom. The molecule has 0 unspecified atom stereocenters. The van der Waals surface area contributed by atoms with E-state index < -0.39 is 8.07 Å². The van der Waals surface area contributed by atoms with Gasteiger partial charge in [0, 0.05) is 23.8 Å². The fraction of sp³-hybridized carbons (Fsp3) is 0.143. The standard InChI is InChI=1S/C56H45NSi/c1-56(2)47-21-9-8-19-44(47)55-45(20-14-22-48(55)56)54-42-18-7-6-17-41(42)53(43-29-27-39(34-46(43)54)38-26-25-36-15-4-5-16-37(36)33-38)40-28-30-52-50(35-40)57(3)49-23-10-11-24-51(49)58(52)31-12-13-32-58/h4-11,14-30,33-35H,12-13,31-32H2,1-3H3. The highest BCUT2D eigenvalue weighted by atomic mass is 28.3. The van der Waals surface area contributed by atoms with Crippen LogP contribution in [0.1, 0.15) is 37.8 Å². The van der Waals surface area contributed by atoms with Gasteiger partial charge in [-0.1, -0.05) is 172 Å². The lowest BCUT2D eigenvalue weighted by Crippen LogP contribution is -2.61. The minimum absolute atomic E-state index is 0.0858. The molecule has 0 radical (unpaired) electrons. The van der Waals surface area contributed by atoms with Crippen molar-refractivity contribution in [3.05, 3.63) is 181 Å². The Morgan fingerprint density at radius 2 is 1.05 bits per heavy atom. The van der Waals surface area contributed by atoms with Crippen molar-refractivity contribution in [2.45, 2.75) is 44.2 Å². The predicted molar refractivity (Wildman–Crippen MR) is 251 cm³/mol. The van der Waals surface area contributed by atoms with Crippen LogP contribution in [0.3, 0.4) is 0 Å². The number of fused-ring (bicyclic) bond motifs is 10. The predicted octanol–water partition coefficient (Wildman–Crippen LogP) is 13.9. The molecular formula is C56H45NSi. The molecule has 2 heterocycles. The molecule has 0 bridgehead atoms. The van der Waals surface area contributed by atoms with Gasteiger partial charge in [0.15, 0.2) is 0 Å². The van der Waals surface area contributed by atoms with Gasteiger partial charge in [0.1, 0.15) is 8.07 Å². The SMILES string of the molecule is CN1c2ccccc2[Si]2(CCCC2)c2ccc(-c3c4ccccc4c(-c4cccc5c4-c4ccccc4C5(C)C)c4cc(-c5ccc6ccccc6c5)ccc34)cc21. The third kappa shape index (κ3) is 4.64. The monoisotopic (exact) mass is 759 g/mol. The van der Waals surface area contributed by atoms with Gasteiger partial charge in [0.05, 0.1) is 0 Å². The molecule has 1 saturated heterocycles. The highest BCUT2D eigenvalue weighted by Crippen LogP contribution is 2.55. The lowest BCUT2D eigenvalue weighted by Gasteiger charge is -2.41. The van der Waals surface area contributed by atoms with E-state index in [-0.39, 0.29) is 5.41 Å². The van der Waals surface area contributed by atoms with Crippen LogP contribution in [0, 0.1) is 0 Å². The van der Waals surface area contributed by atoms with Crippen molar-refractivity contribution >= 4 is 62.1 Å². The van der Waals surface area contributed by atoms with Gasteiger partial charge < -0.3 is 4.90 Å². The minimum atomic E-state index is -1.84. The van der Waals surface area contributed by atoms with Gasteiger partial charge in [0.2, 0.25) is 0 Å². The molecule has 2 aliphatic heterocycles. The summed E-state index contributed by atoms with van der Waals surface area (Å²) in [6.45, 7) is 4.78. The first-order valence-electron chi connectivity index (χ1n) is 21.1. The quantitative estimate of drug-likeness (QED) is 0.128. The Bertz CT molecular complexity index is 3180. The molecule has 0 saturated carbocycles. The van der Waals surface area contributed by atoms with E-state index in [9.17, 15) is 0 Å². The van der Waals surface area contributed by atoms with Crippen molar-refractivity contribution in [3.63, 3.8) is 0 Å². The Balaban J connectivity index is 1.17. The zero-order chi connectivity index (χ0) is 38.8. The molecule has 0 N–H and O–H groups in total. The lowest BCUT2D eigenvalue weighted by atomic mass is 9.80. The molecule has 1 spiro atoms. The zero-order valence-corrected chi connectivity index (χ0v) is 34.4. The summed E-state index contributed by atoms with van der Waals surface area (Å²) in [5.74, 6) is 0. The van der Waals surface area contributed by atoms with E-state index in [1.165, 1.54) is 124 Å². The Morgan fingerprint density at radius 1 is 0.431 bits per heavy atom. The third-order valence-corrected chi connectivity index (χ3v) is 19.7. The summed E-state index contributed by atoms with van der Waals surface area (Å²) in [4.78, 5) is 2.49. The molecular weight excluding hydrogens is 715 g/mol. The summed E-state index contributed by atoms with van der Waals surface area (Å²) in [5.41, 5.74) is 16.0. The molecule has 1 nitrogen and oxygen atoms in total. The Hall–Kier alpha value is -6.22. The molecule has 278 valence electrons. The largest absolute Gasteiger partial charge is 0.345 e. The van der Waals surface area contributed by atoms with Crippen LogP contribution in [0.15, 0.2) is 170 Å². The molecule has 9 aromatic carbocycles. The Labute approximate surface area is 342 Å². The highest BCUT2D eigenvalue weighted by Gasteiger charge is 2.46. The molecule has 58 heavy (non-hydrogen) atoms. The number of hydrogen-bond acceptors (Lipinski definition) is 1. The van der Waals surface area contributed by atoms with Crippen molar-refractivity contribution in [2.75, 3.05) is 11.9 Å². The number of para-hydroxylation sites is 1. The number of rotatable bonds is 3. The summed E-state index contributed by atoms with van der Waals surface area (Å²) in [7, 11) is 0.450. The molecule has 0 atom stereocenters. The van der Waals surface area contributed by atoms with Crippen LogP contribution in [0.2, 0.25) is 12.1 Å². The van der Waals surface area contributed by atoms with Crippen molar-refractivity contribution < 1.29 is 0 Å². The van der Waals surface area contributed by atoms with Crippen molar-refractivity contribution in [2.24, 2.45) is 0 Å². The number of nitrogens with zero attached hydrogens (tertiary/aromatic N) is 1.